The largest absolute Gasteiger partial charge is 0.492 e. The van der Waals surface area contributed by atoms with Crippen molar-refractivity contribution in [3.63, 3.8) is 0 Å². The summed E-state index contributed by atoms with van der Waals surface area (Å²) in [6, 6.07) is 20.1. The second-order valence-corrected chi connectivity index (χ2v) is 7.30. The summed E-state index contributed by atoms with van der Waals surface area (Å²) in [6.45, 7) is 1.18. The molecule has 0 saturated heterocycles. The zero-order chi connectivity index (χ0) is 20.1. The molecule has 1 aromatic heterocycles. The van der Waals surface area contributed by atoms with Crippen molar-refractivity contribution in [2.75, 3.05) is 18.5 Å². The minimum atomic E-state index is -0.763. The number of hydrogen-bond acceptors (Lipinski definition) is 4. The van der Waals surface area contributed by atoms with Gasteiger partial charge in [-0.15, -0.1) is 0 Å². The van der Waals surface area contributed by atoms with Crippen LogP contribution in [0.15, 0.2) is 66.9 Å². The van der Waals surface area contributed by atoms with Gasteiger partial charge in [-0.3, -0.25) is 4.79 Å². The van der Waals surface area contributed by atoms with E-state index in [0.29, 0.717) is 19.6 Å². The molecule has 0 aliphatic heterocycles. The van der Waals surface area contributed by atoms with Crippen molar-refractivity contribution in [3.05, 3.63) is 89.1 Å². The predicted molar refractivity (Wildman–Crippen MR) is 113 cm³/mol. The van der Waals surface area contributed by atoms with Crippen LogP contribution >= 0.6 is 0 Å². The van der Waals surface area contributed by atoms with Crippen LogP contribution in [0.3, 0.4) is 0 Å². The molecule has 0 radical (unpaired) electrons. The highest BCUT2D eigenvalue weighted by Crippen LogP contribution is 2.35. The number of ether oxygens (including phenoxy) is 1. The lowest BCUT2D eigenvalue weighted by Gasteiger charge is -2.16. The van der Waals surface area contributed by atoms with Crippen LogP contribution in [0, 0.1) is 0 Å². The average Bonchev–Trinajstić information content (AvgIpc) is 2.88. The van der Waals surface area contributed by atoms with Crippen molar-refractivity contribution in [1.82, 2.24) is 4.98 Å². The molecule has 3 aromatic rings. The van der Waals surface area contributed by atoms with Crippen LogP contribution in [0.1, 0.15) is 34.6 Å². The highest BCUT2D eigenvalue weighted by atomic mass is 16.5. The summed E-state index contributed by atoms with van der Waals surface area (Å²) >= 11 is 0. The van der Waals surface area contributed by atoms with E-state index in [0.717, 1.165) is 23.6 Å². The maximum absolute atomic E-state index is 11.4. The topological polar surface area (TPSA) is 71.5 Å². The number of aliphatic carboxylic acids is 1. The molecule has 1 aliphatic rings. The number of benzene rings is 2. The van der Waals surface area contributed by atoms with Crippen molar-refractivity contribution in [2.24, 2.45) is 0 Å². The number of carboxylic acid groups (broad SMARTS) is 1. The molecule has 2 N–H and O–H groups in total. The van der Waals surface area contributed by atoms with Gasteiger partial charge in [-0.1, -0.05) is 36.4 Å². The van der Waals surface area contributed by atoms with Crippen molar-refractivity contribution in [1.29, 1.82) is 0 Å². The molecule has 0 amide bonds. The number of rotatable bonds is 7. The van der Waals surface area contributed by atoms with Crippen molar-refractivity contribution < 1.29 is 14.6 Å². The van der Waals surface area contributed by atoms with E-state index < -0.39 is 5.97 Å². The Morgan fingerprint density at radius 2 is 1.93 bits per heavy atom. The molecule has 5 heteroatoms. The highest BCUT2D eigenvalue weighted by molar-refractivity contribution is 5.68. The number of anilines is 1. The van der Waals surface area contributed by atoms with E-state index in [9.17, 15) is 9.90 Å². The van der Waals surface area contributed by atoms with Crippen LogP contribution in [-0.4, -0.2) is 29.2 Å². The molecular formula is C24H24N2O3. The van der Waals surface area contributed by atoms with Gasteiger partial charge in [0.2, 0.25) is 0 Å². The van der Waals surface area contributed by atoms with Crippen LogP contribution in [0.5, 0.6) is 5.75 Å². The Morgan fingerprint density at radius 3 is 2.76 bits per heavy atom. The van der Waals surface area contributed by atoms with Crippen molar-refractivity contribution in [2.45, 2.75) is 25.2 Å². The standard InChI is InChI=1S/C24H24N2O3/c27-24(28)16-20-14-19-15-21(29-12-11-26-23-7-3-4-10-25-23)9-8-17(19)13-18-5-1-2-6-22(18)20/h1-10,15,20H,11-14,16H2,(H,25,26)(H,27,28). The van der Waals surface area contributed by atoms with Crippen LogP contribution in [0.4, 0.5) is 5.82 Å². The lowest BCUT2D eigenvalue weighted by atomic mass is 9.89. The molecule has 4 rings (SSSR count). The Labute approximate surface area is 170 Å². The van der Waals surface area contributed by atoms with E-state index in [1.54, 1.807) is 6.20 Å². The number of pyridine rings is 1. The first-order valence-corrected chi connectivity index (χ1v) is 9.88. The van der Waals surface area contributed by atoms with Gasteiger partial charge in [0.1, 0.15) is 18.2 Å². The van der Waals surface area contributed by atoms with Crippen LogP contribution in [-0.2, 0) is 17.6 Å². The molecule has 1 heterocycles. The molecular weight excluding hydrogens is 364 g/mol. The second kappa shape index (κ2) is 8.78. The number of fused-ring (bicyclic) bond motifs is 2. The zero-order valence-electron chi connectivity index (χ0n) is 16.2. The number of nitrogens with zero attached hydrogens (tertiary/aromatic N) is 1. The van der Waals surface area contributed by atoms with Crippen LogP contribution in [0.2, 0.25) is 0 Å². The minimum absolute atomic E-state index is 0.0222. The molecule has 0 spiro atoms. The number of carboxylic acids is 1. The summed E-state index contributed by atoms with van der Waals surface area (Å²) in [5.74, 6) is 0.853. The fourth-order valence-electron chi connectivity index (χ4n) is 3.94. The van der Waals surface area contributed by atoms with Gasteiger partial charge >= 0.3 is 5.97 Å². The number of hydrogen-bond donors (Lipinski definition) is 2. The van der Waals surface area contributed by atoms with E-state index >= 15 is 0 Å². The first kappa shape index (κ1) is 19.0. The van der Waals surface area contributed by atoms with Crippen LogP contribution < -0.4 is 10.1 Å². The molecule has 0 bridgehead atoms. The Kier molecular flexibility index (Phi) is 5.75. The Hall–Kier alpha value is -3.34. The van der Waals surface area contributed by atoms with Crippen LogP contribution in [0.25, 0.3) is 0 Å². The molecule has 0 fully saturated rings. The number of carbonyl (C=O) groups is 1. The average molecular weight is 388 g/mol. The summed E-state index contributed by atoms with van der Waals surface area (Å²) < 4.78 is 5.92. The van der Waals surface area contributed by atoms with E-state index in [4.69, 9.17) is 4.74 Å². The van der Waals surface area contributed by atoms with Gasteiger partial charge in [-0.25, -0.2) is 4.98 Å². The Bertz CT molecular complexity index is 988. The highest BCUT2D eigenvalue weighted by Gasteiger charge is 2.24. The maximum atomic E-state index is 11.4. The lowest BCUT2D eigenvalue weighted by Crippen LogP contribution is -2.12. The monoisotopic (exact) mass is 388 g/mol. The summed E-state index contributed by atoms with van der Waals surface area (Å²) in [5, 5.41) is 12.6. The summed E-state index contributed by atoms with van der Waals surface area (Å²) in [6.07, 6.45) is 3.42. The third-order valence-corrected chi connectivity index (χ3v) is 5.28. The van der Waals surface area contributed by atoms with Gasteiger partial charge in [0.25, 0.3) is 0 Å². The summed E-state index contributed by atoms with van der Waals surface area (Å²) in [4.78, 5) is 15.7. The van der Waals surface area contributed by atoms with Crippen molar-refractivity contribution >= 4 is 11.8 Å². The first-order chi connectivity index (χ1) is 14.2. The fraction of sp³-hybridized carbons (Fsp3) is 0.250. The normalized spacial score (nSPS) is 15.0. The molecule has 0 saturated carbocycles. The van der Waals surface area contributed by atoms with E-state index in [1.807, 2.05) is 36.4 Å². The first-order valence-electron chi connectivity index (χ1n) is 9.88. The van der Waals surface area contributed by atoms with Gasteiger partial charge in [-0.2, -0.15) is 0 Å². The summed E-state index contributed by atoms with van der Waals surface area (Å²) in [5.41, 5.74) is 4.77. The predicted octanol–water partition coefficient (Wildman–Crippen LogP) is 4.28. The van der Waals surface area contributed by atoms with Gasteiger partial charge in [-0.05, 0) is 65.3 Å². The molecule has 5 nitrogen and oxygen atoms in total. The summed E-state index contributed by atoms with van der Waals surface area (Å²) in [7, 11) is 0. The Balaban J connectivity index is 1.46. The van der Waals surface area contributed by atoms with Crippen molar-refractivity contribution in [3.8, 4) is 5.75 Å². The second-order valence-electron chi connectivity index (χ2n) is 7.30. The zero-order valence-corrected chi connectivity index (χ0v) is 16.2. The molecule has 1 unspecified atom stereocenters. The number of nitrogens with one attached hydrogen (secondary N) is 1. The van der Waals surface area contributed by atoms with E-state index in [1.165, 1.54) is 16.7 Å². The number of aromatic nitrogens is 1. The quantitative estimate of drug-likeness (QED) is 0.591. The minimum Gasteiger partial charge on any atom is -0.492 e. The molecule has 1 aliphatic carbocycles. The smallest absolute Gasteiger partial charge is 0.303 e. The third kappa shape index (κ3) is 4.74. The SMILES string of the molecule is O=C(O)CC1Cc2cc(OCCNc3ccccn3)ccc2Cc2ccccc21. The van der Waals surface area contributed by atoms with E-state index in [2.05, 4.69) is 34.6 Å². The molecule has 1 atom stereocenters. The fourth-order valence-corrected chi connectivity index (χ4v) is 3.94. The maximum Gasteiger partial charge on any atom is 0.303 e. The van der Waals surface area contributed by atoms with Gasteiger partial charge < -0.3 is 15.2 Å². The Morgan fingerprint density at radius 1 is 1.07 bits per heavy atom. The van der Waals surface area contributed by atoms with Gasteiger partial charge in [0.05, 0.1) is 13.0 Å². The molecule has 148 valence electrons. The third-order valence-electron chi connectivity index (χ3n) is 5.28. The lowest BCUT2D eigenvalue weighted by molar-refractivity contribution is -0.137. The molecule has 2 aromatic carbocycles. The van der Waals surface area contributed by atoms with E-state index in [-0.39, 0.29) is 12.3 Å². The van der Waals surface area contributed by atoms with Gasteiger partial charge in [0.15, 0.2) is 0 Å². The van der Waals surface area contributed by atoms with Gasteiger partial charge in [0, 0.05) is 6.20 Å². The molecule has 29 heavy (non-hydrogen) atoms.